The zero-order valence-corrected chi connectivity index (χ0v) is 20.3. The number of rotatable bonds is 5. The molecule has 0 spiro atoms. The van der Waals surface area contributed by atoms with E-state index < -0.39 is 0 Å². The summed E-state index contributed by atoms with van der Waals surface area (Å²) in [6.07, 6.45) is 8.02. The predicted molar refractivity (Wildman–Crippen MR) is 154 cm³/mol. The highest BCUT2D eigenvalue weighted by atomic mass is 15.0. The number of hydrogen-bond acceptors (Lipinski definition) is 3. The topological polar surface area (TPSA) is 41.7 Å². The standard InChI is InChI=1S/C32H26N4/c1-3-11-23(4-2)34-28-16-9-8-15-27(28)33-21-22-18-19-31-29(20-22)35-32-26-14-6-5-12-24(26)25-13-7-10-17-30(25)36(31)32/h3-21,34H,1-2H3/b11-3-,23-4+,33-21+. The molecule has 0 bridgehead atoms. The molecule has 2 heterocycles. The maximum absolute atomic E-state index is 5.07. The molecule has 0 radical (unpaired) electrons. The minimum absolute atomic E-state index is 0.883. The number of allylic oxidation sites excluding steroid dienone is 3. The van der Waals surface area contributed by atoms with Gasteiger partial charge < -0.3 is 5.32 Å². The average molecular weight is 467 g/mol. The van der Waals surface area contributed by atoms with Gasteiger partial charge in [-0.2, -0.15) is 0 Å². The van der Waals surface area contributed by atoms with Crippen LogP contribution < -0.4 is 5.32 Å². The zero-order chi connectivity index (χ0) is 24.5. The largest absolute Gasteiger partial charge is 0.354 e. The Morgan fingerprint density at radius 2 is 1.56 bits per heavy atom. The van der Waals surface area contributed by atoms with E-state index in [0.29, 0.717) is 0 Å². The molecule has 0 saturated heterocycles. The van der Waals surface area contributed by atoms with E-state index >= 15 is 0 Å². The molecule has 0 atom stereocenters. The van der Waals surface area contributed by atoms with Crippen molar-refractivity contribution in [1.29, 1.82) is 0 Å². The number of imidazole rings is 1. The van der Waals surface area contributed by atoms with E-state index in [1.807, 2.05) is 62.6 Å². The van der Waals surface area contributed by atoms with Crippen LogP contribution in [0.2, 0.25) is 0 Å². The van der Waals surface area contributed by atoms with Crippen molar-refractivity contribution in [2.75, 3.05) is 5.32 Å². The first-order valence-corrected chi connectivity index (χ1v) is 12.2. The van der Waals surface area contributed by atoms with Crippen LogP contribution in [-0.4, -0.2) is 15.6 Å². The van der Waals surface area contributed by atoms with Crippen LogP contribution in [0.15, 0.2) is 120 Å². The lowest BCUT2D eigenvalue weighted by Crippen LogP contribution is -1.96. The Balaban J connectivity index is 1.45. The third-order valence-electron chi connectivity index (χ3n) is 6.47. The normalized spacial score (nSPS) is 12.7. The minimum Gasteiger partial charge on any atom is -0.354 e. The average Bonchev–Trinajstić information content (AvgIpc) is 3.32. The second-order valence-corrected chi connectivity index (χ2v) is 8.73. The Labute approximate surface area is 209 Å². The van der Waals surface area contributed by atoms with Crippen LogP contribution in [0.1, 0.15) is 19.4 Å². The van der Waals surface area contributed by atoms with Gasteiger partial charge in [0.2, 0.25) is 0 Å². The fourth-order valence-electron chi connectivity index (χ4n) is 4.79. The van der Waals surface area contributed by atoms with Gasteiger partial charge in [-0.25, -0.2) is 4.98 Å². The summed E-state index contributed by atoms with van der Waals surface area (Å²) in [6, 6.07) is 31.5. The van der Waals surface area contributed by atoms with Crippen LogP contribution in [0.3, 0.4) is 0 Å². The lowest BCUT2D eigenvalue weighted by atomic mass is 10.1. The molecule has 4 aromatic carbocycles. The molecule has 0 amide bonds. The summed E-state index contributed by atoms with van der Waals surface area (Å²) < 4.78 is 2.27. The Kier molecular flexibility index (Phi) is 5.55. The summed E-state index contributed by atoms with van der Waals surface area (Å²) in [5.74, 6) is 0. The van der Waals surface area contributed by atoms with E-state index in [4.69, 9.17) is 9.98 Å². The van der Waals surface area contributed by atoms with Crippen LogP contribution in [0.4, 0.5) is 11.4 Å². The highest BCUT2D eigenvalue weighted by Gasteiger charge is 2.13. The lowest BCUT2D eigenvalue weighted by molar-refractivity contribution is 1.31. The molecule has 36 heavy (non-hydrogen) atoms. The molecule has 0 aliphatic carbocycles. The van der Waals surface area contributed by atoms with Crippen molar-refractivity contribution in [3.8, 4) is 0 Å². The monoisotopic (exact) mass is 466 g/mol. The summed E-state index contributed by atoms with van der Waals surface area (Å²) in [4.78, 5) is 9.88. The van der Waals surface area contributed by atoms with E-state index in [0.717, 1.165) is 50.2 Å². The van der Waals surface area contributed by atoms with E-state index in [2.05, 4.69) is 76.4 Å². The molecule has 4 nitrogen and oxygen atoms in total. The van der Waals surface area contributed by atoms with Crippen LogP contribution >= 0.6 is 0 Å². The lowest BCUT2D eigenvalue weighted by Gasteiger charge is -2.09. The van der Waals surface area contributed by atoms with Gasteiger partial charge in [-0.1, -0.05) is 72.8 Å². The number of hydrogen-bond donors (Lipinski definition) is 1. The van der Waals surface area contributed by atoms with Crippen LogP contribution in [0.25, 0.3) is 38.4 Å². The molecule has 0 aliphatic heterocycles. The van der Waals surface area contributed by atoms with E-state index in [1.54, 1.807) is 0 Å². The number of fused-ring (bicyclic) bond motifs is 8. The van der Waals surface area contributed by atoms with Crippen molar-refractivity contribution in [3.05, 3.63) is 120 Å². The molecular weight excluding hydrogens is 440 g/mol. The van der Waals surface area contributed by atoms with E-state index in [9.17, 15) is 0 Å². The van der Waals surface area contributed by atoms with Crippen molar-refractivity contribution >= 4 is 55.9 Å². The first-order chi connectivity index (χ1) is 17.8. The Morgan fingerprint density at radius 1 is 0.806 bits per heavy atom. The number of nitrogens with zero attached hydrogens (tertiary/aromatic N) is 3. The van der Waals surface area contributed by atoms with Gasteiger partial charge in [0.05, 0.1) is 27.9 Å². The minimum atomic E-state index is 0.883. The maximum Gasteiger partial charge on any atom is 0.146 e. The van der Waals surface area contributed by atoms with Crippen LogP contribution in [0.5, 0.6) is 0 Å². The number of aromatic nitrogens is 2. The molecule has 174 valence electrons. The zero-order valence-electron chi connectivity index (χ0n) is 20.3. The number of anilines is 1. The highest BCUT2D eigenvalue weighted by molar-refractivity contribution is 6.13. The first-order valence-electron chi connectivity index (χ1n) is 12.2. The van der Waals surface area contributed by atoms with Gasteiger partial charge in [0.1, 0.15) is 5.65 Å². The van der Waals surface area contributed by atoms with Gasteiger partial charge in [-0.05, 0) is 61.2 Å². The second kappa shape index (κ2) is 9.16. The van der Waals surface area contributed by atoms with Gasteiger partial charge in [-0.3, -0.25) is 9.39 Å². The summed E-state index contributed by atoms with van der Waals surface area (Å²) in [5.41, 5.74) is 8.08. The Hall–Kier alpha value is -4.70. The van der Waals surface area contributed by atoms with Crippen molar-refractivity contribution < 1.29 is 0 Å². The Bertz CT molecular complexity index is 1840. The second-order valence-electron chi connectivity index (χ2n) is 8.73. The maximum atomic E-state index is 5.07. The molecule has 0 fully saturated rings. The van der Waals surface area contributed by atoms with Gasteiger partial charge in [0, 0.05) is 22.7 Å². The summed E-state index contributed by atoms with van der Waals surface area (Å²) in [7, 11) is 0. The Morgan fingerprint density at radius 3 is 2.39 bits per heavy atom. The van der Waals surface area contributed by atoms with Crippen molar-refractivity contribution in [1.82, 2.24) is 9.38 Å². The number of benzene rings is 4. The molecule has 4 heteroatoms. The molecule has 1 N–H and O–H groups in total. The summed E-state index contributed by atoms with van der Waals surface area (Å²) in [6.45, 7) is 4.03. The highest BCUT2D eigenvalue weighted by Crippen LogP contribution is 2.32. The fourth-order valence-corrected chi connectivity index (χ4v) is 4.79. The SMILES string of the molecule is C/C=C\C(=C/C)Nc1ccccc1/N=C/c1ccc2c(c1)nc1c3ccccc3c3ccccc3n21. The number of pyridine rings is 1. The predicted octanol–water partition coefficient (Wildman–Crippen LogP) is 8.44. The molecule has 0 saturated carbocycles. The van der Waals surface area contributed by atoms with Crippen LogP contribution in [-0.2, 0) is 0 Å². The third-order valence-corrected chi connectivity index (χ3v) is 6.47. The molecule has 0 unspecified atom stereocenters. The van der Waals surface area contributed by atoms with Gasteiger partial charge in [0.15, 0.2) is 0 Å². The number of nitrogens with one attached hydrogen (secondary N) is 1. The quantitative estimate of drug-likeness (QED) is 0.157. The van der Waals surface area contributed by atoms with Gasteiger partial charge >= 0.3 is 0 Å². The molecular formula is C32H26N4. The smallest absolute Gasteiger partial charge is 0.146 e. The van der Waals surface area contributed by atoms with Crippen molar-refractivity contribution in [2.24, 2.45) is 4.99 Å². The van der Waals surface area contributed by atoms with Crippen LogP contribution in [0, 0.1) is 0 Å². The summed E-state index contributed by atoms with van der Waals surface area (Å²) in [5, 5.41) is 7.07. The third kappa shape index (κ3) is 3.73. The number of aliphatic imine (C=N–C) groups is 1. The molecule has 0 aliphatic rings. The molecule has 6 rings (SSSR count). The summed E-state index contributed by atoms with van der Waals surface area (Å²) >= 11 is 0. The van der Waals surface area contributed by atoms with E-state index in [1.165, 1.54) is 10.8 Å². The van der Waals surface area contributed by atoms with Crippen molar-refractivity contribution in [2.45, 2.75) is 13.8 Å². The molecule has 2 aromatic heterocycles. The van der Waals surface area contributed by atoms with Crippen molar-refractivity contribution in [3.63, 3.8) is 0 Å². The number of para-hydroxylation sites is 3. The fraction of sp³-hybridized carbons (Fsp3) is 0.0625. The van der Waals surface area contributed by atoms with Gasteiger partial charge in [-0.15, -0.1) is 0 Å². The van der Waals surface area contributed by atoms with Gasteiger partial charge in [0.25, 0.3) is 0 Å². The van der Waals surface area contributed by atoms with E-state index in [-0.39, 0.29) is 0 Å². The molecule has 6 aromatic rings. The first kappa shape index (κ1) is 21.8.